The maximum absolute atomic E-state index is 11.6. The van der Waals surface area contributed by atoms with E-state index in [9.17, 15) is 9.90 Å². The van der Waals surface area contributed by atoms with E-state index in [1.54, 1.807) is 13.2 Å². The monoisotopic (exact) mass is 373 g/mol. The molecule has 0 saturated carbocycles. The van der Waals surface area contributed by atoms with Gasteiger partial charge in [-0.25, -0.2) is 4.79 Å². The van der Waals surface area contributed by atoms with Gasteiger partial charge in [0, 0.05) is 22.8 Å². The van der Waals surface area contributed by atoms with Crippen LogP contribution in [0.15, 0.2) is 22.7 Å². The summed E-state index contributed by atoms with van der Waals surface area (Å²) in [5.41, 5.74) is 0.298. The van der Waals surface area contributed by atoms with Crippen LogP contribution >= 0.6 is 15.9 Å². The average molecular weight is 374 g/mol. The second-order valence-corrected chi connectivity index (χ2v) is 7.37. The molecule has 0 atom stereocenters. The van der Waals surface area contributed by atoms with Crippen molar-refractivity contribution in [2.45, 2.75) is 45.8 Å². The van der Waals surface area contributed by atoms with Crippen LogP contribution in [0.1, 0.15) is 40.2 Å². The molecule has 1 aromatic carbocycles. The summed E-state index contributed by atoms with van der Waals surface area (Å²) in [6, 6.07) is 5.45. The smallest absolute Gasteiger partial charge is 0.412 e. The van der Waals surface area contributed by atoms with Crippen molar-refractivity contribution < 1.29 is 19.4 Å². The summed E-state index contributed by atoms with van der Waals surface area (Å²) in [5, 5.41) is 9.53. The van der Waals surface area contributed by atoms with Gasteiger partial charge in [0.15, 0.2) is 0 Å². The van der Waals surface area contributed by atoms with Crippen molar-refractivity contribution >= 4 is 27.7 Å². The Bertz CT molecular complexity index is 537. The Morgan fingerprint density at radius 1 is 1.27 bits per heavy atom. The summed E-state index contributed by atoms with van der Waals surface area (Å²) in [4.78, 5) is 13.0. The number of amides is 1. The molecule has 0 saturated heterocycles. The van der Waals surface area contributed by atoms with Gasteiger partial charge in [-0.05, 0) is 58.4 Å². The van der Waals surface area contributed by atoms with Crippen molar-refractivity contribution in [2.24, 2.45) is 0 Å². The molecule has 0 spiro atoms. The highest BCUT2D eigenvalue weighted by Crippen LogP contribution is 2.36. The summed E-state index contributed by atoms with van der Waals surface area (Å²) in [5.74, 6) is 0. The van der Waals surface area contributed by atoms with E-state index in [-0.39, 0.29) is 6.79 Å². The van der Waals surface area contributed by atoms with Crippen LogP contribution in [0.25, 0.3) is 0 Å². The van der Waals surface area contributed by atoms with Crippen LogP contribution in [0.4, 0.5) is 10.5 Å². The molecule has 6 heteroatoms. The van der Waals surface area contributed by atoms with E-state index in [4.69, 9.17) is 9.47 Å². The highest BCUT2D eigenvalue weighted by Gasteiger charge is 2.30. The fourth-order valence-corrected chi connectivity index (χ4v) is 2.91. The topological polar surface area (TPSA) is 59.0 Å². The van der Waals surface area contributed by atoms with Crippen molar-refractivity contribution in [1.29, 1.82) is 0 Å². The lowest BCUT2D eigenvalue weighted by molar-refractivity contribution is -0.118. The van der Waals surface area contributed by atoms with Gasteiger partial charge in [0.2, 0.25) is 0 Å². The minimum Gasteiger partial charge on any atom is -0.465 e. The number of ether oxygens (including phenoxy) is 2. The zero-order chi connectivity index (χ0) is 17.1. The number of benzene rings is 1. The van der Waals surface area contributed by atoms with Gasteiger partial charge in [-0.3, -0.25) is 4.90 Å². The number of methoxy groups -OCH3 is 1. The largest absolute Gasteiger partial charge is 0.465 e. The predicted octanol–water partition coefficient (Wildman–Crippen LogP) is 4.59. The van der Waals surface area contributed by atoms with Crippen molar-refractivity contribution in [3.05, 3.63) is 28.2 Å². The molecule has 22 heavy (non-hydrogen) atoms. The van der Waals surface area contributed by atoms with Crippen molar-refractivity contribution in [1.82, 2.24) is 0 Å². The van der Waals surface area contributed by atoms with Gasteiger partial charge in [-0.1, -0.05) is 15.9 Å². The van der Waals surface area contributed by atoms with Crippen LogP contribution in [-0.4, -0.2) is 30.6 Å². The Kier molecular flexibility index (Phi) is 6.01. The molecule has 1 amide bonds. The number of anilines is 1. The quantitative estimate of drug-likeness (QED) is 0.766. The van der Waals surface area contributed by atoms with E-state index in [1.807, 2.05) is 46.8 Å². The molecule has 5 nitrogen and oxygen atoms in total. The van der Waals surface area contributed by atoms with Crippen LogP contribution in [0.3, 0.4) is 0 Å². The third-order valence-corrected chi connectivity index (χ3v) is 3.95. The highest BCUT2D eigenvalue weighted by atomic mass is 79.9. The molecule has 1 rings (SSSR count). The van der Waals surface area contributed by atoms with E-state index < -0.39 is 17.2 Å². The van der Waals surface area contributed by atoms with Crippen molar-refractivity contribution in [3.63, 3.8) is 0 Å². The third-order valence-electron chi connectivity index (χ3n) is 3.26. The lowest BCUT2D eigenvalue weighted by Gasteiger charge is -2.34. The Morgan fingerprint density at radius 3 is 2.32 bits per heavy atom. The van der Waals surface area contributed by atoms with Crippen molar-refractivity contribution in [2.75, 3.05) is 18.8 Å². The first-order valence-corrected chi connectivity index (χ1v) is 7.76. The number of carboxylic acid groups (broad SMARTS) is 1. The fraction of sp³-hybridized carbons (Fsp3) is 0.562. The molecule has 0 heterocycles. The van der Waals surface area contributed by atoms with Crippen LogP contribution in [0.5, 0.6) is 0 Å². The zero-order valence-corrected chi connectivity index (χ0v) is 15.5. The van der Waals surface area contributed by atoms with Gasteiger partial charge in [0.25, 0.3) is 0 Å². The number of halogens is 1. The molecule has 0 aliphatic rings. The second kappa shape index (κ2) is 6.98. The summed E-state index contributed by atoms with van der Waals surface area (Å²) in [6.07, 6.45) is -0.989. The first-order valence-electron chi connectivity index (χ1n) is 6.97. The molecular formula is C16H24BrNO4. The SMILES string of the molecule is COCOC(C)(C)c1cc(N(C(=O)O)C(C)(C)C)ccc1Br. The van der Waals surface area contributed by atoms with E-state index >= 15 is 0 Å². The summed E-state index contributed by atoms with van der Waals surface area (Å²) in [7, 11) is 1.56. The van der Waals surface area contributed by atoms with Crippen molar-refractivity contribution in [3.8, 4) is 0 Å². The minimum absolute atomic E-state index is 0.158. The molecular weight excluding hydrogens is 350 g/mol. The lowest BCUT2D eigenvalue weighted by Crippen LogP contribution is -2.45. The molecule has 0 fully saturated rings. The Balaban J connectivity index is 3.32. The first kappa shape index (κ1) is 18.9. The molecule has 0 aromatic heterocycles. The van der Waals surface area contributed by atoms with E-state index in [1.165, 1.54) is 4.90 Å². The molecule has 124 valence electrons. The van der Waals surface area contributed by atoms with E-state index in [2.05, 4.69) is 15.9 Å². The summed E-state index contributed by atoms with van der Waals surface area (Å²) < 4.78 is 11.5. The van der Waals surface area contributed by atoms with Gasteiger partial charge in [-0.2, -0.15) is 0 Å². The molecule has 0 aliphatic carbocycles. The molecule has 0 aliphatic heterocycles. The maximum Gasteiger partial charge on any atom is 0.412 e. The number of nitrogens with zero attached hydrogens (tertiary/aromatic N) is 1. The number of rotatable bonds is 5. The standard InChI is InChI=1S/C16H24BrNO4/c1-15(2,3)18(14(19)20)11-7-8-13(17)12(9-11)16(4,5)22-10-21-6/h7-9H,10H2,1-6H3,(H,19,20). The van der Waals surface area contributed by atoms with Gasteiger partial charge >= 0.3 is 6.09 Å². The Hall–Kier alpha value is -1.11. The van der Waals surface area contributed by atoms with Gasteiger partial charge in [0.1, 0.15) is 6.79 Å². The summed E-state index contributed by atoms with van der Waals surface area (Å²) >= 11 is 3.51. The number of hydrogen-bond acceptors (Lipinski definition) is 3. The van der Waals surface area contributed by atoms with Crippen LogP contribution in [0, 0.1) is 0 Å². The van der Waals surface area contributed by atoms with Crippen LogP contribution in [0.2, 0.25) is 0 Å². The first-order chi connectivity index (χ1) is 10.0. The number of hydrogen-bond donors (Lipinski definition) is 1. The summed E-state index contributed by atoms with van der Waals surface area (Å²) in [6.45, 7) is 9.56. The molecule has 0 radical (unpaired) electrons. The second-order valence-electron chi connectivity index (χ2n) is 6.51. The highest BCUT2D eigenvalue weighted by molar-refractivity contribution is 9.10. The molecule has 1 N–H and O–H groups in total. The minimum atomic E-state index is -0.989. The fourth-order valence-electron chi connectivity index (χ4n) is 2.18. The average Bonchev–Trinajstić information content (AvgIpc) is 2.36. The van der Waals surface area contributed by atoms with Gasteiger partial charge in [0.05, 0.1) is 5.60 Å². The predicted molar refractivity (Wildman–Crippen MR) is 90.4 cm³/mol. The maximum atomic E-state index is 11.6. The lowest BCUT2D eigenvalue weighted by atomic mass is 9.96. The van der Waals surface area contributed by atoms with Gasteiger partial charge < -0.3 is 14.6 Å². The number of carbonyl (C=O) groups is 1. The normalized spacial score (nSPS) is 12.3. The van der Waals surface area contributed by atoms with Crippen LogP contribution in [-0.2, 0) is 15.1 Å². The molecule has 1 aromatic rings. The molecule has 0 unspecified atom stereocenters. The zero-order valence-electron chi connectivity index (χ0n) is 13.9. The van der Waals surface area contributed by atoms with Gasteiger partial charge in [-0.15, -0.1) is 0 Å². The third kappa shape index (κ3) is 4.44. The van der Waals surface area contributed by atoms with E-state index in [0.717, 1.165) is 10.0 Å². The molecule has 0 bridgehead atoms. The van der Waals surface area contributed by atoms with E-state index in [0.29, 0.717) is 5.69 Å². The van der Waals surface area contributed by atoms with Crippen LogP contribution < -0.4 is 4.90 Å². The Morgan fingerprint density at radius 2 is 1.86 bits per heavy atom. The Labute approximate surface area is 140 Å².